The van der Waals surface area contributed by atoms with Gasteiger partial charge in [0.1, 0.15) is 0 Å². The van der Waals surface area contributed by atoms with Crippen molar-refractivity contribution in [2.45, 2.75) is 57.3 Å². The van der Waals surface area contributed by atoms with Gasteiger partial charge in [-0.3, -0.25) is 14.5 Å². The van der Waals surface area contributed by atoms with Crippen molar-refractivity contribution in [1.29, 1.82) is 0 Å². The monoisotopic (exact) mass is 582 g/mol. The van der Waals surface area contributed by atoms with Gasteiger partial charge in [0.2, 0.25) is 5.91 Å². The van der Waals surface area contributed by atoms with Crippen molar-refractivity contribution >= 4 is 28.3 Å². The van der Waals surface area contributed by atoms with Crippen LogP contribution in [0, 0.1) is 0 Å². The van der Waals surface area contributed by atoms with Gasteiger partial charge in [-0.25, -0.2) is 0 Å². The molecule has 4 unspecified atom stereocenters. The Labute approximate surface area is 251 Å². The normalized spacial score (nSPS) is 19.3. The molecular weight excluding hydrogens is 544 g/mol. The number of aliphatic hydroxyl groups is 1. The second kappa shape index (κ2) is 13.9. The molecule has 1 saturated heterocycles. The molecule has 1 fully saturated rings. The van der Waals surface area contributed by atoms with Gasteiger partial charge >= 0.3 is 5.97 Å². The Morgan fingerprint density at radius 2 is 1.60 bits per heavy atom. The van der Waals surface area contributed by atoms with E-state index in [-0.39, 0.29) is 43.6 Å². The summed E-state index contributed by atoms with van der Waals surface area (Å²) in [4.78, 5) is 25.1. The predicted molar refractivity (Wildman–Crippen MR) is 165 cm³/mol. The third-order valence-electron chi connectivity index (χ3n) is 8.06. The molecule has 4 aromatic rings. The lowest BCUT2D eigenvalue weighted by Crippen LogP contribution is -2.38. The smallest absolute Gasteiger partial charge is 0.303 e. The van der Waals surface area contributed by atoms with Crippen LogP contribution in [-0.2, 0) is 25.7 Å². The van der Waals surface area contributed by atoms with E-state index in [4.69, 9.17) is 14.6 Å². The number of carboxylic acids is 1. The van der Waals surface area contributed by atoms with Gasteiger partial charge < -0.3 is 25.0 Å². The topological polar surface area (TPSA) is 108 Å². The number of rotatable bonds is 11. The number of likely N-dealkylation sites (N-methyl/N-ethyl adjacent to an activating group) is 1. The summed E-state index contributed by atoms with van der Waals surface area (Å²) in [6.45, 7) is 2.88. The molecule has 1 aliphatic heterocycles. The first-order valence-corrected chi connectivity index (χ1v) is 14.6. The zero-order valence-corrected chi connectivity index (χ0v) is 24.5. The largest absolute Gasteiger partial charge is 0.481 e. The molecule has 3 N–H and O–H groups in total. The number of ether oxygens (including phenoxy) is 2. The van der Waals surface area contributed by atoms with Gasteiger partial charge in [0.15, 0.2) is 6.29 Å². The molecule has 1 heterocycles. The standard InChI is InChI=1S/C35H38N2O6/c1-23(28-12-11-25-5-3-4-6-29(25)19-28)37(2)21-31-20-32(26-9-7-24(22-38)8-10-26)43-35(42-31)27-13-15-30(16-14-27)36-33(39)17-18-34(40)41/h3-16,19,23,31-32,35,38H,17-18,20-22H2,1-2H3,(H,36,39)(H,40,41). The van der Waals surface area contributed by atoms with Crippen LogP contribution in [0.2, 0.25) is 0 Å². The fraction of sp³-hybridized carbons (Fsp3) is 0.314. The second-order valence-electron chi connectivity index (χ2n) is 11.1. The van der Waals surface area contributed by atoms with Crippen LogP contribution in [0.4, 0.5) is 5.69 Å². The van der Waals surface area contributed by atoms with Gasteiger partial charge in [-0.2, -0.15) is 0 Å². The summed E-state index contributed by atoms with van der Waals surface area (Å²) in [5.74, 6) is -1.36. The van der Waals surface area contributed by atoms with Gasteiger partial charge in [0.25, 0.3) is 0 Å². The molecule has 4 atom stereocenters. The van der Waals surface area contributed by atoms with Crippen molar-refractivity contribution in [2.24, 2.45) is 0 Å². The number of amides is 1. The van der Waals surface area contributed by atoms with Crippen LogP contribution in [0.5, 0.6) is 0 Å². The number of carbonyl (C=O) groups excluding carboxylic acids is 1. The number of nitrogens with one attached hydrogen (secondary N) is 1. The Morgan fingerprint density at radius 1 is 0.907 bits per heavy atom. The zero-order valence-electron chi connectivity index (χ0n) is 24.5. The van der Waals surface area contributed by atoms with Gasteiger partial charge in [-0.1, -0.05) is 72.8 Å². The number of aliphatic hydroxyl groups excluding tert-OH is 1. The number of hydrogen-bond acceptors (Lipinski definition) is 6. The van der Waals surface area contributed by atoms with E-state index in [9.17, 15) is 14.7 Å². The van der Waals surface area contributed by atoms with E-state index < -0.39 is 12.3 Å². The van der Waals surface area contributed by atoms with Gasteiger partial charge in [-0.05, 0) is 59.6 Å². The third-order valence-corrected chi connectivity index (χ3v) is 8.06. The molecule has 1 aliphatic rings. The molecule has 0 bridgehead atoms. The fourth-order valence-corrected chi connectivity index (χ4v) is 5.40. The van der Waals surface area contributed by atoms with E-state index in [1.165, 1.54) is 16.3 Å². The third kappa shape index (κ3) is 7.86. The Kier molecular flexibility index (Phi) is 9.84. The van der Waals surface area contributed by atoms with Gasteiger partial charge in [0, 0.05) is 36.7 Å². The van der Waals surface area contributed by atoms with Crippen molar-refractivity contribution in [2.75, 3.05) is 18.9 Å². The minimum atomic E-state index is -1.01. The first-order chi connectivity index (χ1) is 20.8. The van der Waals surface area contributed by atoms with Crippen molar-refractivity contribution in [3.8, 4) is 0 Å². The molecule has 8 nitrogen and oxygen atoms in total. The Balaban J connectivity index is 1.31. The maximum Gasteiger partial charge on any atom is 0.303 e. The van der Waals surface area contributed by atoms with Gasteiger partial charge in [0.05, 0.1) is 25.2 Å². The van der Waals surface area contributed by atoms with Crippen molar-refractivity contribution in [3.63, 3.8) is 0 Å². The SMILES string of the molecule is CC(c1ccc2ccccc2c1)N(C)CC1CC(c2ccc(CO)cc2)OC(c2ccc(NC(=O)CCC(=O)O)cc2)O1. The van der Waals surface area contributed by atoms with Gasteiger partial charge in [-0.15, -0.1) is 0 Å². The van der Waals surface area contributed by atoms with Crippen molar-refractivity contribution < 1.29 is 29.3 Å². The summed E-state index contributed by atoms with van der Waals surface area (Å²) in [5.41, 5.74) is 4.49. The first-order valence-electron chi connectivity index (χ1n) is 14.6. The average molecular weight is 583 g/mol. The minimum Gasteiger partial charge on any atom is -0.481 e. The molecule has 8 heteroatoms. The highest BCUT2D eigenvalue weighted by Crippen LogP contribution is 2.39. The number of hydrogen-bond donors (Lipinski definition) is 3. The fourth-order valence-electron chi connectivity index (χ4n) is 5.40. The second-order valence-corrected chi connectivity index (χ2v) is 11.1. The van der Waals surface area contributed by atoms with Crippen LogP contribution in [-0.4, -0.2) is 46.7 Å². The van der Waals surface area contributed by atoms with Crippen LogP contribution in [0.25, 0.3) is 10.8 Å². The summed E-state index contributed by atoms with van der Waals surface area (Å²) in [5, 5.41) is 23.5. The molecule has 4 aromatic carbocycles. The number of benzene rings is 4. The van der Waals surface area contributed by atoms with Crippen LogP contribution in [0.15, 0.2) is 91.0 Å². The maximum atomic E-state index is 12.1. The lowest BCUT2D eigenvalue weighted by atomic mass is 9.98. The molecule has 43 heavy (non-hydrogen) atoms. The zero-order chi connectivity index (χ0) is 30.3. The van der Waals surface area contributed by atoms with Crippen LogP contribution in [0.1, 0.15) is 66.9 Å². The lowest BCUT2D eigenvalue weighted by Gasteiger charge is -2.39. The van der Waals surface area contributed by atoms with E-state index >= 15 is 0 Å². The number of nitrogens with zero attached hydrogens (tertiary/aromatic N) is 1. The van der Waals surface area contributed by atoms with Crippen molar-refractivity contribution in [3.05, 3.63) is 113 Å². The van der Waals surface area contributed by atoms with E-state index in [1.54, 1.807) is 12.1 Å². The number of aliphatic carboxylic acids is 1. The van der Waals surface area contributed by atoms with E-state index in [0.717, 1.165) is 16.7 Å². The molecule has 0 aliphatic carbocycles. The minimum absolute atomic E-state index is 0.0170. The highest BCUT2D eigenvalue weighted by molar-refractivity contribution is 5.92. The van der Waals surface area contributed by atoms with E-state index in [0.29, 0.717) is 18.7 Å². The number of anilines is 1. The molecule has 224 valence electrons. The van der Waals surface area contributed by atoms with E-state index in [1.807, 2.05) is 36.4 Å². The summed E-state index contributed by atoms with van der Waals surface area (Å²) in [6.07, 6.45) is -0.594. The van der Waals surface area contributed by atoms with Crippen LogP contribution in [0.3, 0.4) is 0 Å². The lowest BCUT2D eigenvalue weighted by molar-refractivity contribution is -0.253. The Bertz CT molecular complexity index is 1540. The highest BCUT2D eigenvalue weighted by atomic mass is 16.7. The summed E-state index contributed by atoms with van der Waals surface area (Å²) < 4.78 is 13.0. The maximum absolute atomic E-state index is 12.1. The van der Waals surface area contributed by atoms with E-state index in [2.05, 4.69) is 66.7 Å². The summed E-state index contributed by atoms with van der Waals surface area (Å²) >= 11 is 0. The quantitative estimate of drug-likeness (QED) is 0.188. The van der Waals surface area contributed by atoms with Crippen LogP contribution >= 0.6 is 0 Å². The molecule has 5 rings (SSSR count). The van der Waals surface area contributed by atoms with Crippen LogP contribution < -0.4 is 5.32 Å². The number of carboxylic acid groups (broad SMARTS) is 1. The Morgan fingerprint density at radius 3 is 2.30 bits per heavy atom. The molecular formula is C35H38N2O6. The number of fused-ring (bicyclic) bond motifs is 1. The Hall–Kier alpha value is -4.08. The molecule has 0 spiro atoms. The molecule has 0 saturated carbocycles. The molecule has 1 amide bonds. The number of carbonyl (C=O) groups is 2. The average Bonchev–Trinajstić information content (AvgIpc) is 3.03. The first kappa shape index (κ1) is 30.4. The highest BCUT2D eigenvalue weighted by Gasteiger charge is 2.33. The predicted octanol–water partition coefficient (Wildman–Crippen LogP) is 6.37. The summed E-state index contributed by atoms with van der Waals surface area (Å²) in [7, 11) is 2.11. The van der Waals surface area contributed by atoms with Crippen molar-refractivity contribution in [1.82, 2.24) is 4.90 Å². The molecule has 0 aromatic heterocycles. The summed E-state index contributed by atoms with van der Waals surface area (Å²) in [6, 6.07) is 30.2. The molecule has 0 radical (unpaired) electrons.